The minimum Gasteiger partial charge on any atom is -0.394 e. The highest BCUT2D eigenvalue weighted by atomic mass is 16.3. The van der Waals surface area contributed by atoms with E-state index in [2.05, 4.69) is 19.2 Å². The van der Waals surface area contributed by atoms with Gasteiger partial charge in [-0.2, -0.15) is 0 Å². The number of carbonyl (C=O) groups excluding carboxylic acids is 1. The fourth-order valence-electron chi connectivity index (χ4n) is 7.58. The SMILES string of the molecule is CCCCCCCCCCCCCCCCCCCCCCCCCCCC(O)CC(=O)NC(CO)C(O)CCCCCCCCCCCCC. The number of aliphatic hydroxyl groups is 3. The number of carbonyl (C=O) groups is 1. The first-order valence-corrected chi connectivity index (χ1v) is 23.3. The lowest BCUT2D eigenvalue weighted by molar-refractivity contribution is -0.125. The predicted octanol–water partition coefficient (Wildman–Crippen LogP) is 13.4. The summed E-state index contributed by atoms with van der Waals surface area (Å²) in [5.41, 5.74) is 0. The largest absolute Gasteiger partial charge is 0.394 e. The van der Waals surface area contributed by atoms with Crippen molar-refractivity contribution in [1.29, 1.82) is 0 Å². The van der Waals surface area contributed by atoms with Gasteiger partial charge in [0.25, 0.3) is 0 Å². The van der Waals surface area contributed by atoms with Crippen LogP contribution in [-0.4, -0.2) is 46.1 Å². The standard InChI is InChI=1S/C46H93NO4/c1-3-5-7-9-11-13-15-16-17-18-19-20-21-22-23-24-25-26-27-28-30-31-33-35-37-39-43(49)41-46(51)47-44(42-48)45(50)40-38-36-34-32-29-14-12-10-8-6-4-2/h43-45,48-50H,3-42H2,1-2H3,(H,47,51). The van der Waals surface area contributed by atoms with E-state index in [0.29, 0.717) is 12.8 Å². The van der Waals surface area contributed by atoms with Crippen LogP contribution in [0.3, 0.4) is 0 Å². The van der Waals surface area contributed by atoms with Crippen molar-refractivity contribution in [3.63, 3.8) is 0 Å². The summed E-state index contributed by atoms with van der Waals surface area (Å²) in [5.74, 6) is -0.279. The summed E-state index contributed by atoms with van der Waals surface area (Å²) < 4.78 is 0. The smallest absolute Gasteiger partial charge is 0.222 e. The van der Waals surface area contributed by atoms with E-state index in [-0.39, 0.29) is 18.9 Å². The molecule has 0 aliphatic rings. The monoisotopic (exact) mass is 724 g/mol. The van der Waals surface area contributed by atoms with Crippen molar-refractivity contribution in [2.75, 3.05) is 6.61 Å². The average molecular weight is 724 g/mol. The van der Waals surface area contributed by atoms with Gasteiger partial charge in [-0.25, -0.2) is 0 Å². The van der Waals surface area contributed by atoms with Gasteiger partial charge in [0.1, 0.15) is 0 Å². The molecule has 5 heteroatoms. The number of hydrogen-bond donors (Lipinski definition) is 4. The van der Waals surface area contributed by atoms with Gasteiger partial charge in [-0.3, -0.25) is 4.79 Å². The maximum atomic E-state index is 12.4. The molecule has 3 atom stereocenters. The van der Waals surface area contributed by atoms with Crippen LogP contribution in [0.5, 0.6) is 0 Å². The molecule has 0 saturated carbocycles. The van der Waals surface area contributed by atoms with E-state index in [1.54, 1.807) is 0 Å². The molecule has 0 aromatic carbocycles. The molecule has 0 aromatic rings. The Labute approximate surface area is 319 Å². The Kier molecular flexibility index (Phi) is 41.6. The molecule has 4 N–H and O–H groups in total. The highest BCUT2D eigenvalue weighted by molar-refractivity contribution is 5.76. The highest BCUT2D eigenvalue weighted by Crippen LogP contribution is 2.17. The molecular weight excluding hydrogens is 631 g/mol. The van der Waals surface area contributed by atoms with Gasteiger partial charge in [0.15, 0.2) is 0 Å². The first kappa shape index (κ1) is 50.4. The lowest BCUT2D eigenvalue weighted by Gasteiger charge is -2.23. The molecule has 1 amide bonds. The number of amides is 1. The Morgan fingerprint density at radius 1 is 0.412 bits per heavy atom. The number of nitrogens with one attached hydrogen (secondary N) is 1. The topological polar surface area (TPSA) is 89.8 Å². The minimum atomic E-state index is -0.742. The molecule has 0 saturated heterocycles. The van der Waals surface area contributed by atoms with Crippen LogP contribution in [0.25, 0.3) is 0 Å². The second kappa shape index (κ2) is 42.1. The zero-order valence-corrected chi connectivity index (χ0v) is 34.8. The van der Waals surface area contributed by atoms with Crippen LogP contribution in [-0.2, 0) is 4.79 Å². The number of rotatable bonds is 43. The molecule has 0 rings (SSSR count). The Morgan fingerprint density at radius 3 is 0.941 bits per heavy atom. The van der Waals surface area contributed by atoms with Crippen molar-refractivity contribution in [3.05, 3.63) is 0 Å². The zero-order valence-electron chi connectivity index (χ0n) is 34.8. The third-order valence-corrected chi connectivity index (χ3v) is 11.2. The highest BCUT2D eigenvalue weighted by Gasteiger charge is 2.21. The summed E-state index contributed by atoms with van der Waals surface area (Å²) in [4.78, 5) is 12.4. The van der Waals surface area contributed by atoms with Crippen LogP contribution in [0.4, 0.5) is 0 Å². The fraction of sp³-hybridized carbons (Fsp3) is 0.978. The second-order valence-electron chi connectivity index (χ2n) is 16.4. The van der Waals surface area contributed by atoms with Gasteiger partial charge in [-0.1, -0.05) is 245 Å². The van der Waals surface area contributed by atoms with Gasteiger partial charge in [0.05, 0.1) is 31.3 Å². The van der Waals surface area contributed by atoms with Crippen LogP contribution in [0.1, 0.15) is 264 Å². The van der Waals surface area contributed by atoms with Gasteiger partial charge in [-0.15, -0.1) is 0 Å². The molecular formula is C46H93NO4. The van der Waals surface area contributed by atoms with Crippen LogP contribution < -0.4 is 5.32 Å². The van der Waals surface area contributed by atoms with Gasteiger partial charge in [-0.05, 0) is 12.8 Å². The number of aliphatic hydroxyl groups excluding tert-OH is 3. The first-order chi connectivity index (χ1) is 25.0. The fourth-order valence-corrected chi connectivity index (χ4v) is 7.58. The Hall–Kier alpha value is -0.650. The summed E-state index contributed by atoms with van der Waals surface area (Å²) in [6.07, 6.45) is 48.0. The van der Waals surface area contributed by atoms with Crippen molar-refractivity contribution in [1.82, 2.24) is 5.32 Å². The van der Waals surface area contributed by atoms with E-state index in [4.69, 9.17) is 0 Å². The molecule has 0 aromatic heterocycles. The maximum absolute atomic E-state index is 12.4. The second-order valence-corrected chi connectivity index (χ2v) is 16.4. The lowest BCUT2D eigenvalue weighted by atomic mass is 10.0. The molecule has 0 bridgehead atoms. The van der Waals surface area contributed by atoms with Crippen molar-refractivity contribution < 1.29 is 20.1 Å². The van der Waals surface area contributed by atoms with E-state index < -0.39 is 18.2 Å². The average Bonchev–Trinajstić information content (AvgIpc) is 3.12. The minimum absolute atomic E-state index is 0.0427. The van der Waals surface area contributed by atoms with Gasteiger partial charge in [0, 0.05) is 0 Å². The van der Waals surface area contributed by atoms with Crippen molar-refractivity contribution in [2.24, 2.45) is 0 Å². The van der Waals surface area contributed by atoms with E-state index in [1.165, 1.54) is 205 Å². The molecule has 0 fully saturated rings. The summed E-state index contributed by atoms with van der Waals surface area (Å²) in [5, 5.41) is 33.3. The Bertz CT molecular complexity index is 674. The molecule has 0 aliphatic carbocycles. The third kappa shape index (κ3) is 38.9. The van der Waals surface area contributed by atoms with Gasteiger partial charge < -0.3 is 20.6 Å². The zero-order chi connectivity index (χ0) is 37.3. The molecule has 5 nitrogen and oxygen atoms in total. The lowest BCUT2D eigenvalue weighted by Crippen LogP contribution is -2.46. The predicted molar refractivity (Wildman–Crippen MR) is 222 cm³/mol. The molecule has 0 spiro atoms. The third-order valence-electron chi connectivity index (χ3n) is 11.2. The molecule has 51 heavy (non-hydrogen) atoms. The molecule has 3 unspecified atom stereocenters. The van der Waals surface area contributed by atoms with Gasteiger partial charge in [0.2, 0.25) is 5.91 Å². The van der Waals surface area contributed by atoms with Crippen LogP contribution in [0.2, 0.25) is 0 Å². The summed E-state index contributed by atoms with van der Waals surface area (Å²) in [6.45, 7) is 4.27. The summed E-state index contributed by atoms with van der Waals surface area (Å²) in [7, 11) is 0. The van der Waals surface area contributed by atoms with Gasteiger partial charge >= 0.3 is 0 Å². The number of unbranched alkanes of at least 4 members (excludes halogenated alkanes) is 34. The Morgan fingerprint density at radius 2 is 0.667 bits per heavy atom. The molecule has 0 radical (unpaired) electrons. The molecule has 0 aliphatic heterocycles. The van der Waals surface area contributed by atoms with Crippen molar-refractivity contribution in [2.45, 2.75) is 283 Å². The Balaban J connectivity index is 3.48. The normalized spacial score (nSPS) is 13.4. The molecule has 0 heterocycles. The summed E-state index contributed by atoms with van der Waals surface area (Å²) in [6, 6.07) is -0.651. The molecule has 306 valence electrons. The quantitative estimate of drug-likeness (QED) is 0.0472. The maximum Gasteiger partial charge on any atom is 0.222 e. The van der Waals surface area contributed by atoms with E-state index in [0.717, 1.165) is 25.7 Å². The van der Waals surface area contributed by atoms with Crippen LogP contribution in [0.15, 0.2) is 0 Å². The van der Waals surface area contributed by atoms with Crippen LogP contribution in [0, 0.1) is 0 Å². The summed E-state index contributed by atoms with van der Waals surface area (Å²) >= 11 is 0. The first-order valence-electron chi connectivity index (χ1n) is 23.3. The van der Waals surface area contributed by atoms with E-state index in [1.807, 2.05) is 0 Å². The van der Waals surface area contributed by atoms with Crippen LogP contribution >= 0.6 is 0 Å². The van der Waals surface area contributed by atoms with Crippen molar-refractivity contribution in [3.8, 4) is 0 Å². The van der Waals surface area contributed by atoms with E-state index in [9.17, 15) is 20.1 Å². The van der Waals surface area contributed by atoms with E-state index >= 15 is 0 Å². The van der Waals surface area contributed by atoms with Crippen molar-refractivity contribution >= 4 is 5.91 Å². The number of hydrogen-bond acceptors (Lipinski definition) is 4.